The van der Waals surface area contributed by atoms with Crippen LogP contribution in [0.4, 0.5) is 0 Å². The van der Waals surface area contributed by atoms with E-state index in [0.717, 1.165) is 12.1 Å². The fourth-order valence-electron chi connectivity index (χ4n) is 1.57. The molecule has 0 saturated carbocycles. The highest BCUT2D eigenvalue weighted by Gasteiger charge is 1.95. The van der Waals surface area contributed by atoms with Crippen molar-refractivity contribution >= 4 is 17.0 Å². The van der Waals surface area contributed by atoms with Crippen molar-refractivity contribution in [2.45, 2.75) is 6.92 Å². The Kier molecular flexibility index (Phi) is 2.98. The monoisotopic (exact) mass is 198 g/mol. The second kappa shape index (κ2) is 4.60. The Morgan fingerprint density at radius 1 is 1.13 bits per heavy atom. The van der Waals surface area contributed by atoms with Crippen LogP contribution in [0, 0.1) is 0 Å². The maximum absolute atomic E-state index is 4.14. The third kappa shape index (κ3) is 2.15. The Balaban J connectivity index is 2.42. The Bertz CT molecular complexity index is 469. The van der Waals surface area contributed by atoms with E-state index in [1.807, 2.05) is 25.3 Å². The average molecular weight is 198 g/mol. The van der Waals surface area contributed by atoms with Crippen molar-refractivity contribution in [3.8, 4) is 0 Å². The summed E-state index contributed by atoms with van der Waals surface area (Å²) >= 11 is 0. The van der Waals surface area contributed by atoms with Crippen molar-refractivity contribution in [1.29, 1.82) is 0 Å². The molecule has 0 aliphatic carbocycles. The molecule has 0 amide bonds. The first kappa shape index (κ1) is 9.71. The molecule has 0 aliphatic rings. The second-order valence-corrected chi connectivity index (χ2v) is 3.34. The van der Waals surface area contributed by atoms with Crippen molar-refractivity contribution in [2.75, 3.05) is 6.54 Å². The normalized spacial score (nSPS) is 11.0. The molecule has 0 fully saturated rings. The Morgan fingerprint density at radius 2 is 1.93 bits per heavy atom. The van der Waals surface area contributed by atoms with E-state index in [1.54, 1.807) is 0 Å². The minimum Gasteiger partial charge on any atom is -0.310 e. The third-order valence-corrected chi connectivity index (χ3v) is 2.28. The summed E-state index contributed by atoms with van der Waals surface area (Å²) < 4.78 is 0. The van der Waals surface area contributed by atoms with Crippen LogP contribution in [0.3, 0.4) is 0 Å². The summed E-state index contributed by atoms with van der Waals surface area (Å²) in [5, 5.41) is 6.62. The molecule has 0 aromatic heterocycles. The van der Waals surface area contributed by atoms with Crippen molar-refractivity contribution < 1.29 is 0 Å². The molecule has 2 aromatic carbocycles. The fraction of sp³-hybridized carbons (Fsp3) is 0.154. The number of benzene rings is 2. The number of hydrogen-bond acceptors (Lipinski definition) is 2. The molecule has 1 N–H and O–H groups in total. The van der Waals surface area contributed by atoms with Gasteiger partial charge in [0.1, 0.15) is 0 Å². The average Bonchev–Trinajstić information content (AvgIpc) is 2.30. The molecule has 0 heterocycles. The van der Waals surface area contributed by atoms with Crippen molar-refractivity contribution in [3.63, 3.8) is 0 Å². The number of rotatable bonds is 3. The minimum absolute atomic E-state index is 0.848. The molecule has 0 atom stereocenters. The van der Waals surface area contributed by atoms with E-state index in [4.69, 9.17) is 0 Å². The topological polar surface area (TPSA) is 24.4 Å². The SMILES string of the molecule is CCN/N=C\c1cccc2ccccc12. The molecule has 0 bridgehead atoms. The third-order valence-electron chi connectivity index (χ3n) is 2.28. The predicted molar refractivity (Wildman–Crippen MR) is 65.2 cm³/mol. The molecule has 0 unspecified atom stereocenters. The van der Waals surface area contributed by atoms with Crippen LogP contribution in [-0.4, -0.2) is 12.8 Å². The molecule has 2 rings (SSSR count). The molecule has 2 nitrogen and oxygen atoms in total. The lowest BCUT2D eigenvalue weighted by Gasteiger charge is -2.01. The maximum Gasteiger partial charge on any atom is 0.0546 e. The lowest BCUT2D eigenvalue weighted by atomic mass is 10.1. The highest BCUT2D eigenvalue weighted by Crippen LogP contribution is 2.16. The van der Waals surface area contributed by atoms with Gasteiger partial charge in [0.15, 0.2) is 0 Å². The largest absolute Gasteiger partial charge is 0.310 e. The highest BCUT2D eigenvalue weighted by atomic mass is 15.3. The van der Waals surface area contributed by atoms with E-state index in [0.29, 0.717) is 0 Å². The highest BCUT2D eigenvalue weighted by molar-refractivity contribution is 5.99. The van der Waals surface area contributed by atoms with Crippen LogP contribution in [0.5, 0.6) is 0 Å². The molecular weight excluding hydrogens is 184 g/mol. The van der Waals surface area contributed by atoms with E-state index >= 15 is 0 Å². The summed E-state index contributed by atoms with van der Waals surface area (Å²) in [5.74, 6) is 0. The van der Waals surface area contributed by atoms with Crippen LogP contribution in [0.15, 0.2) is 47.6 Å². The van der Waals surface area contributed by atoms with Gasteiger partial charge in [0.05, 0.1) is 6.21 Å². The summed E-state index contributed by atoms with van der Waals surface area (Å²) in [5.41, 5.74) is 4.08. The van der Waals surface area contributed by atoms with Gasteiger partial charge >= 0.3 is 0 Å². The smallest absolute Gasteiger partial charge is 0.0546 e. The number of fused-ring (bicyclic) bond motifs is 1. The first-order chi connectivity index (χ1) is 7.42. The zero-order valence-electron chi connectivity index (χ0n) is 8.77. The zero-order valence-corrected chi connectivity index (χ0v) is 8.77. The molecular formula is C13H14N2. The van der Waals surface area contributed by atoms with Gasteiger partial charge in [0.2, 0.25) is 0 Å². The Morgan fingerprint density at radius 3 is 2.80 bits per heavy atom. The van der Waals surface area contributed by atoms with Crippen molar-refractivity contribution in [3.05, 3.63) is 48.0 Å². The van der Waals surface area contributed by atoms with Gasteiger partial charge in [0.25, 0.3) is 0 Å². The zero-order chi connectivity index (χ0) is 10.5. The lowest BCUT2D eigenvalue weighted by molar-refractivity contribution is 0.788. The standard InChI is InChI=1S/C13H14N2/c1-2-14-15-10-12-8-5-7-11-6-3-4-9-13(11)12/h3-10,14H,2H2,1H3/b15-10-. The molecule has 0 aliphatic heterocycles. The Hall–Kier alpha value is -1.83. The summed E-state index contributed by atoms with van der Waals surface area (Å²) in [4.78, 5) is 0. The van der Waals surface area contributed by atoms with E-state index in [-0.39, 0.29) is 0 Å². The molecule has 0 radical (unpaired) electrons. The molecule has 2 heteroatoms. The van der Waals surface area contributed by atoms with Gasteiger partial charge in [-0.3, -0.25) is 0 Å². The molecule has 0 saturated heterocycles. The fourth-order valence-corrected chi connectivity index (χ4v) is 1.57. The van der Waals surface area contributed by atoms with Crippen LogP contribution in [0.2, 0.25) is 0 Å². The summed E-state index contributed by atoms with van der Waals surface area (Å²) in [6, 6.07) is 14.6. The second-order valence-electron chi connectivity index (χ2n) is 3.34. The van der Waals surface area contributed by atoms with Gasteiger partial charge in [-0.25, -0.2) is 0 Å². The Labute approximate surface area is 89.6 Å². The van der Waals surface area contributed by atoms with E-state index in [2.05, 4.69) is 40.9 Å². The number of hydrazone groups is 1. The van der Waals surface area contributed by atoms with Gasteiger partial charge in [-0.15, -0.1) is 0 Å². The van der Waals surface area contributed by atoms with E-state index in [1.165, 1.54) is 10.8 Å². The van der Waals surface area contributed by atoms with Gasteiger partial charge in [-0.2, -0.15) is 5.10 Å². The minimum atomic E-state index is 0.848. The summed E-state index contributed by atoms with van der Waals surface area (Å²) in [7, 11) is 0. The van der Waals surface area contributed by atoms with E-state index < -0.39 is 0 Å². The molecule has 2 aromatic rings. The number of hydrogen-bond donors (Lipinski definition) is 1. The molecule has 0 spiro atoms. The van der Waals surface area contributed by atoms with Crippen LogP contribution >= 0.6 is 0 Å². The van der Waals surface area contributed by atoms with Gasteiger partial charge in [-0.05, 0) is 17.7 Å². The van der Waals surface area contributed by atoms with Crippen LogP contribution in [0.1, 0.15) is 12.5 Å². The quantitative estimate of drug-likeness (QED) is 0.595. The molecule has 15 heavy (non-hydrogen) atoms. The number of nitrogens with one attached hydrogen (secondary N) is 1. The maximum atomic E-state index is 4.14. The van der Waals surface area contributed by atoms with Crippen LogP contribution < -0.4 is 5.43 Å². The van der Waals surface area contributed by atoms with Gasteiger partial charge in [-0.1, -0.05) is 42.5 Å². The number of nitrogens with zero attached hydrogens (tertiary/aromatic N) is 1. The van der Waals surface area contributed by atoms with Gasteiger partial charge < -0.3 is 5.43 Å². The van der Waals surface area contributed by atoms with Crippen LogP contribution in [-0.2, 0) is 0 Å². The summed E-state index contributed by atoms with van der Waals surface area (Å²) in [6.07, 6.45) is 1.87. The van der Waals surface area contributed by atoms with E-state index in [9.17, 15) is 0 Å². The first-order valence-electron chi connectivity index (χ1n) is 5.15. The van der Waals surface area contributed by atoms with Crippen LogP contribution in [0.25, 0.3) is 10.8 Å². The van der Waals surface area contributed by atoms with Crippen molar-refractivity contribution in [2.24, 2.45) is 5.10 Å². The van der Waals surface area contributed by atoms with Gasteiger partial charge in [0, 0.05) is 12.1 Å². The molecule has 76 valence electrons. The van der Waals surface area contributed by atoms with Crippen molar-refractivity contribution in [1.82, 2.24) is 5.43 Å². The lowest BCUT2D eigenvalue weighted by Crippen LogP contribution is -2.03. The first-order valence-corrected chi connectivity index (χ1v) is 5.15. The summed E-state index contributed by atoms with van der Waals surface area (Å²) in [6.45, 7) is 2.88. The predicted octanol–water partition coefficient (Wildman–Crippen LogP) is 2.78.